The number of carbonyl (C=O) groups excluding carboxylic acids is 2. The number of sulfonamides is 1. The zero-order valence-corrected chi connectivity index (χ0v) is 19.5. The number of para-hydroxylation sites is 1. The number of nitrogens with zero attached hydrogens (tertiary/aromatic N) is 2. The number of amides is 2. The van der Waals surface area contributed by atoms with Gasteiger partial charge >= 0.3 is 12.0 Å². The summed E-state index contributed by atoms with van der Waals surface area (Å²) < 4.78 is 33.3. The van der Waals surface area contributed by atoms with E-state index in [1.807, 2.05) is 19.9 Å². The molecule has 1 aliphatic rings. The standard InChI is InChI=1S/C24H30N2O5S/c1-4-6-12-21-22(17-23(27)31-5-2)26(24(28)25(21)19-10-8-7-9-11-19)32(29,30)20-15-13-18(3)14-16-20/h7-11,13-16,21-22H,4-6,12,17H2,1-3H3/t21-,22-/m1/s1. The Bertz CT molecular complexity index is 1040. The van der Waals surface area contributed by atoms with Crippen molar-refractivity contribution in [1.29, 1.82) is 0 Å². The van der Waals surface area contributed by atoms with Gasteiger partial charge in [0, 0.05) is 5.69 Å². The summed E-state index contributed by atoms with van der Waals surface area (Å²) in [5.41, 5.74) is 1.51. The highest BCUT2D eigenvalue weighted by Crippen LogP contribution is 2.37. The summed E-state index contributed by atoms with van der Waals surface area (Å²) in [5.74, 6) is -0.522. The zero-order valence-electron chi connectivity index (χ0n) is 18.7. The molecule has 32 heavy (non-hydrogen) atoms. The highest BCUT2D eigenvalue weighted by Gasteiger charge is 2.52. The van der Waals surface area contributed by atoms with Gasteiger partial charge in [-0.05, 0) is 44.5 Å². The molecule has 3 rings (SSSR count). The van der Waals surface area contributed by atoms with Gasteiger partial charge in [0.25, 0.3) is 10.0 Å². The van der Waals surface area contributed by atoms with Gasteiger partial charge in [-0.3, -0.25) is 9.69 Å². The van der Waals surface area contributed by atoms with Crippen LogP contribution in [0, 0.1) is 6.92 Å². The molecule has 0 aliphatic carbocycles. The average Bonchev–Trinajstić information content (AvgIpc) is 3.04. The monoisotopic (exact) mass is 458 g/mol. The molecule has 0 N–H and O–H groups in total. The normalized spacial score (nSPS) is 18.8. The smallest absolute Gasteiger partial charge is 0.339 e. The molecule has 0 unspecified atom stereocenters. The maximum atomic E-state index is 13.6. The first-order valence-corrected chi connectivity index (χ1v) is 12.4. The molecule has 1 saturated heterocycles. The van der Waals surface area contributed by atoms with Crippen molar-refractivity contribution in [2.75, 3.05) is 11.5 Å². The van der Waals surface area contributed by atoms with Crippen LogP contribution >= 0.6 is 0 Å². The van der Waals surface area contributed by atoms with Gasteiger partial charge in [-0.1, -0.05) is 55.7 Å². The number of unbranched alkanes of at least 4 members (excludes halogenated alkanes) is 1. The van der Waals surface area contributed by atoms with E-state index in [0.29, 0.717) is 12.1 Å². The predicted molar refractivity (Wildman–Crippen MR) is 123 cm³/mol. The van der Waals surface area contributed by atoms with Crippen LogP contribution in [-0.4, -0.2) is 43.4 Å². The molecule has 1 heterocycles. The molecule has 0 saturated carbocycles. The lowest BCUT2D eigenvalue weighted by Gasteiger charge is -2.27. The second-order valence-electron chi connectivity index (χ2n) is 7.89. The van der Waals surface area contributed by atoms with E-state index in [2.05, 4.69) is 0 Å². The number of anilines is 1. The molecular formula is C24H30N2O5S. The fourth-order valence-corrected chi connectivity index (χ4v) is 5.63. The molecule has 1 aliphatic heterocycles. The molecule has 0 aromatic heterocycles. The minimum Gasteiger partial charge on any atom is -0.466 e. The summed E-state index contributed by atoms with van der Waals surface area (Å²) in [7, 11) is -4.18. The van der Waals surface area contributed by atoms with Crippen LogP contribution in [0.5, 0.6) is 0 Å². The predicted octanol–water partition coefficient (Wildman–Crippen LogP) is 4.51. The summed E-state index contributed by atoms with van der Waals surface area (Å²) in [6, 6.07) is 13.4. The molecular weight excluding hydrogens is 428 g/mol. The second kappa shape index (κ2) is 10.2. The molecule has 8 heteroatoms. The van der Waals surface area contributed by atoms with Crippen LogP contribution in [0.25, 0.3) is 0 Å². The lowest BCUT2D eigenvalue weighted by molar-refractivity contribution is -0.143. The van der Waals surface area contributed by atoms with Gasteiger partial charge in [0.2, 0.25) is 0 Å². The van der Waals surface area contributed by atoms with E-state index >= 15 is 0 Å². The van der Waals surface area contributed by atoms with Crippen molar-refractivity contribution in [3.05, 3.63) is 60.2 Å². The molecule has 2 atom stereocenters. The number of aryl methyl sites for hydroxylation is 1. The molecule has 0 bridgehead atoms. The Morgan fingerprint density at radius 1 is 1.00 bits per heavy atom. The zero-order chi connectivity index (χ0) is 23.3. The van der Waals surface area contributed by atoms with Gasteiger partial charge in [-0.2, -0.15) is 0 Å². The van der Waals surface area contributed by atoms with Crippen LogP contribution in [-0.2, 0) is 19.6 Å². The van der Waals surface area contributed by atoms with Crippen molar-refractivity contribution >= 4 is 27.7 Å². The van der Waals surface area contributed by atoms with E-state index in [1.54, 1.807) is 43.3 Å². The van der Waals surface area contributed by atoms with Gasteiger partial charge in [0.1, 0.15) is 0 Å². The van der Waals surface area contributed by atoms with Crippen molar-refractivity contribution in [2.24, 2.45) is 0 Å². The third-order valence-electron chi connectivity index (χ3n) is 5.62. The first-order valence-electron chi connectivity index (χ1n) is 11.0. The summed E-state index contributed by atoms with van der Waals surface area (Å²) in [5, 5.41) is 0. The molecule has 0 spiro atoms. The number of rotatable bonds is 9. The molecule has 2 aromatic rings. The van der Waals surface area contributed by atoms with E-state index in [4.69, 9.17) is 4.74 Å². The molecule has 172 valence electrons. The highest BCUT2D eigenvalue weighted by molar-refractivity contribution is 7.89. The fraction of sp³-hybridized carbons (Fsp3) is 0.417. The fourth-order valence-electron chi connectivity index (χ4n) is 4.06. The van der Waals surface area contributed by atoms with E-state index < -0.39 is 34.1 Å². The highest BCUT2D eigenvalue weighted by atomic mass is 32.2. The first-order chi connectivity index (χ1) is 15.3. The van der Waals surface area contributed by atoms with Gasteiger partial charge in [-0.25, -0.2) is 17.5 Å². The summed E-state index contributed by atoms with van der Waals surface area (Å²) >= 11 is 0. The molecule has 7 nitrogen and oxygen atoms in total. The Morgan fingerprint density at radius 2 is 1.66 bits per heavy atom. The minimum absolute atomic E-state index is 0.0227. The largest absolute Gasteiger partial charge is 0.466 e. The van der Waals surface area contributed by atoms with Crippen LogP contribution in [0.1, 0.15) is 45.1 Å². The van der Waals surface area contributed by atoms with Crippen LogP contribution in [0.2, 0.25) is 0 Å². The summed E-state index contributed by atoms with van der Waals surface area (Å²) in [4.78, 5) is 27.6. The molecule has 1 fully saturated rings. The van der Waals surface area contributed by atoms with Crippen LogP contribution in [0.15, 0.2) is 59.5 Å². The third kappa shape index (κ3) is 4.80. The molecule has 2 amide bonds. The Kier molecular flexibility index (Phi) is 7.56. The number of ether oxygens (including phenoxy) is 1. The van der Waals surface area contributed by atoms with Crippen molar-refractivity contribution in [2.45, 2.75) is 63.4 Å². The number of hydrogen-bond donors (Lipinski definition) is 0. The third-order valence-corrected chi connectivity index (χ3v) is 7.43. The van der Waals surface area contributed by atoms with Crippen molar-refractivity contribution < 1.29 is 22.7 Å². The van der Waals surface area contributed by atoms with Gasteiger partial charge < -0.3 is 4.74 Å². The molecule has 0 radical (unpaired) electrons. The SMILES string of the molecule is CCCC[C@@H]1[C@@H](CC(=O)OCC)N(S(=O)(=O)c2ccc(C)cc2)C(=O)N1c1ccccc1. The number of urea groups is 1. The lowest BCUT2D eigenvalue weighted by Crippen LogP contribution is -2.42. The number of hydrogen-bond acceptors (Lipinski definition) is 5. The second-order valence-corrected chi connectivity index (χ2v) is 9.70. The van der Waals surface area contributed by atoms with Crippen LogP contribution in [0.3, 0.4) is 0 Å². The maximum Gasteiger partial charge on any atom is 0.339 e. The quantitative estimate of drug-likeness (QED) is 0.517. The first kappa shape index (κ1) is 23.8. The van der Waals surface area contributed by atoms with E-state index in [-0.39, 0.29) is 17.9 Å². The van der Waals surface area contributed by atoms with Crippen LogP contribution in [0.4, 0.5) is 10.5 Å². The topological polar surface area (TPSA) is 84.0 Å². The average molecular weight is 459 g/mol. The van der Waals surface area contributed by atoms with Gasteiger partial charge in [0.05, 0.1) is 30.0 Å². The van der Waals surface area contributed by atoms with Crippen molar-refractivity contribution in [1.82, 2.24) is 4.31 Å². The number of benzene rings is 2. The van der Waals surface area contributed by atoms with E-state index in [9.17, 15) is 18.0 Å². The van der Waals surface area contributed by atoms with Crippen molar-refractivity contribution in [3.8, 4) is 0 Å². The van der Waals surface area contributed by atoms with Gasteiger partial charge in [0.15, 0.2) is 0 Å². The maximum absolute atomic E-state index is 13.6. The lowest BCUT2D eigenvalue weighted by atomic mass is 9.99. The Labute approximate surface area is 190 Å². The Hall–Kier alpha value is -2.87. The summed E-state index contributed by atoms with van der Waals surface area (Å²) in [6.07, 6.45) is 2.05. The van der Waals surface area contributed by atoms with Crippen LogP contribution < -0.4 is 4.90 Å². The minimum atomic E-state index is -4.18. The Balaban J connectivity index is 2.11. The van der Waals surface area contributed by atoms with E-state index in [1.165, 1.54) is 17.0 Å². The number of esters is 1. The number of carbonyl (C=O) groups is 2. The summed E-state index contributed by atoms with van der Waals surface area (Å²) in [6.45, 7) is 5.78. The van der Waals surface area contributed by atoms with Gasteiger partial charge in [-0.15, -0.1) is 0 Å². The van der Waals surface area contributed by atoms with Crippen molar-refractivity contribution in [3.63, 3.8) is 0 Å². The van der Waals surface area contributed by atoms with E-state index in [0.717, 1.165) is 22.7 Å². The Morgan fingerprint density at radius 3 is 2.25 bits per heavy atom. The molecule has 2 aromatic carbocycles.